The summed E-state index contributed by atoms with van der Waals surface area (Å²) in [5.74, 6) is 0.330. The summed E-state index contributed by atoms with van der Waals surface area (Å²) < 4.78 is 63.6. The Morgan fingerprint density at radius 3 is 2.50 bits per heavy atom. The SMILES string of the molecule is Cc1nc(Nc2cncc(Cl)n2)sc1-c1ccc(S(C)(=O)=O)c(C(F)(F)F)c1. The van der Waals surface area contributed by atoms with E-state index in [0.29, 0.717) is 21.5 Å². The van der Waals surface area contributed by atoms with E-state index >= 15 is 0 Å². The molecule has 3 aromatic rings. The summed E-state index contributed by atoms with van der Waals surface area (Å²) in [5.41, 5.74) is -0.529. The van der Waals surface area contributed by atoms with E-state index in [9.17, 15) is 21.6 Å². The minimum atomic E-state index is -4.82. The van der Waals surface area contributed by atoms with Crippen LogP contribution in [-0.4, -0.2) is 29.6 Å². The Balaban J connectivity index is 2.03. The highest BCUT2D eigenvalue weighted by Gasteiger charge is 2.36. The summed E-state index contributed by atoms with van der Waals surface area (Å²) in [6, 6.07) is 3.11. The van der Waals surface area contributed by atoms with E-state index in [1.54, 1.807) is 6.92 Å². The molecular formula is C16H12ClF3N4O2S2. The van der Waals surface area contributed by atoms with Crippen molar-refractivity contribution in [3.8, 4) is 10.4 Å². The first-order valence-corrected chi connectivity index (χ1v) is 10.7. The predicted octanol–water partition coefficient (Wildman–Crippen LogP) is 4.73. The van der Waals surface area contributed by atoms with Crippen molar-refractivity contribution >= 4 is 43.7 Å². The standard InChI is InChI=1S/C16H12ClF3N4O2S2/c1-8-14(27-15(22-8)24-13-7-21-6-12(17)23-13)9-3-4-11(28(2,25)26)10(5-9)16(18,19)20/h3-7H,1-2H3,(H,22,23,24). The molecule has 1 aromatic carbocycles. The molecule has 0 unspecified atom stereocenters. The number of nitrogens with one attached hydrogen (secondary N) is 1. The second kappa shape index (κ2) is 7.30. The summed E-state index contributed by atoms with van der Waals surface area (Å²) in [6.45, 7) is 1.64. The molecular weight excluding hydrogens is 437 g/mol. The van der Waals surface area contributed by atoms with E-state index < -0.39 is 26.5 Å². The molecule has 148 valence electrons. The average Bonchev–Trinajstić information content (AvgIpc) is 2.93. The summed E-state index contributed by atoms with van der Waals surface area (Å²) in [6.07, 6.45) is -1.30. The van der Waals surface area contributed by atoms with Crippen molar-refractivity contribution in [3.05, 3.63) is 47.0 Å². The van der Waals surface area contributed by atoms with Gasteiger partial charge >= 0.3 is 6.18 Å². The van der Waals surface area contributed by atoms with E-state index in [4.69, 9.17) is 11.6 Å². The maximum Gasteiger partial charge on any atom is 0.417 e. The van der Waals surface area contributed by atoms with Gasteiger partial charge in [0.25, 0.3) is 0 Å². The van der Waals surface area contributed by atoms with Crippen LogP contribution in [0.15, 0.2) is 35.5 Å². The molecule has 0 aliphatic rings. The van der Waals surface area contributed by atoms with E-state index in [1.807, 2.05) is 0 Å². The van der Waals surface area contributed by atoms with Crippen LogP contribution in [-0.2, 0) is 16.0 Å². The maximum absolute atomic E-state index is 13.4. The summed E-state index contributed by atoms with van der Waals surface area (Å²) in [5, 5.41) is 3.44. The van der Waals surface area contributed by atoms with Gasteiger partial charge in [-0.3, -0.25) is 4.98 Å². The molecule has 0 aliphatic heterocycles. The lowest BCUT2D eigenvalue weighted by molar-refractivity contribution is -0.139. The predicted molar refractivity (Wildman–Crippen MR) is 101 cm³/mol. The lowest BCUT2D eigenvalue weighted by Crippen LogP contribution is -2.12. The third-order valence-corrected chi connectivity index (χ3v) is 6.04. The zero-order valence-corrected chi connectivity index (χ0v) is 16.8. The lowest BCUT2D eigenvalue weighted by atomic mass is 10.1. The molecule has 3 rings (SSSR count). The van der Waals surface area contributed by atoms with E-state index in [1.165, 1.54) is 18.5 Å². The number of anilines is 2. The molecule has 0 bridgehead atoms. The van der Waals surface area contributed by atoms with Crippen LogP contribution in [0.4, 0.5) is 24.1 Å². The van der Waals surface area contributed by atoms with Crippen LogP contribution >= 0.6 is 22.9 Å². The van der Waals surface area contributed by atoms with Gasteiger partial charge in [0.2, 0.25) is 0 Å². The number of aromatic nitrogens is 3. The van der Waals surface area contributed by atoms with Crippen LogP contribution in [0.1, 0.15) is 11.3 Å². The number of rotatable bonds is 4. The first-order valence-electron chi connectivity index (χ1n) is 7.59. The first kappa shape index (κ1) is 20.5. The normalized spacial score (nSPS) is 12.2. The Hall–Kier alpha value is -2.24. The van der Waals surface area contributed by atoms with Crippen LogP contribution in [0.5, 0.6) is 0 Å². The third-order valence-electron chi connectivity index (χ3n) is 3.58. The topological polar surface area (TPSA) is 84.8 Å². The molecule has 0 spiro atoms. The molecule has 2 aromatic heterocycles. The molecule has 6 nitrogen and oxygen atoms in total. The Morgan fingerprint density at radius 1 is 1.18 bits per heavy atom. The Kier molecular flexibility index (Phi) is 5.34. The molecule has 0 saturated heterocycles. The molecule has 0 atom stereocenters. The fourth-order valence-electron chi connectivity index (χ4n) is 2.45. The van der Waals surface area contributed by atoms with Gasteiger partial charge in [0, 0.05) is 6.26 Å². The van der Waals surface area contributed by atoms with Gasteiger partial charge in [-0.05, 0) is 24.6 Å². The van der Waals surface area contributed by atoms with Crippen molar-refractivity contribution in [3.63, 3.8) is 0 Å². The molecule has 12 heteroatoms. The average molecular weight is 449 g/mol. The van der Waals surface area contributed by atoms with Gasteiger partial charge < -0.3 is 5.32 Å². The molecule has 0 saturated carbocycles. The van der Waals surface area contributed by atoms with Crippen molar-refractivity contribution in [1.29, 1.82) is 0 Å². The van der Waals surface area contributed by atoms with Gasteiger partial charge in [0.1, 0.15) is 5.15 Å². The quantitative estimate of drug-likeness (QED) is 0.621. The van der Waals surface area contributed by atoms with Crippen LogP contribution in [0.3, 0.4) is 0 Å². The fraction of sp³-hybridized carbons (Fsp3) is 0.188. The first-order chi connectivity index (χ1) is 12.9. The largest absolute Gasteiger partial charge is 0.417 e. The molecule has 0 aliphatic carbocycles. The number of sulfone groups is 1. The smallest absolute Gasteiger partial charge is 0.315 e. The number of hydrogen-bond acceptors (Lipinski definition) is 7. The van der Waals surface area contributed by atoms with Gasteiger partial charge in [0.05, 0.1) is 33.4 Å². The molecule has 0 radical (unpaired) electrons. The van der Waals surface area contributed by atoms with Crippen LogP contribution in [0.2, 0.25) is 5.15 Å². The monoisotopic (exact) mass is 448 g/mol. The number of nitrogens with zero attached hydrogens (tertiary/aromatic N) is 3. The van der Waals surface area contributed by atoms with Crippen molar-refractivity contribution in [1.82, 2.24) is 15.0 Å². The maximum atomic E-state index is 13.4. The van der Waals surface area contributed by atoms with E-state index in [2.05, 4.69) is 20.3 Å². The van der Waals surface area contributed by atoms with E-state index in [0.717, 1.165) is 29.7 Å². The highest BCUT2D eigenvalue weighted by atomic mass is 35.5. The number of halogens is 4. The number of hydrogen-bond donors (Lipinski definition) is 1. The molecule has 0 amide bonds. The van der Waals surface area contributed by atoms with Crippen molar-refractivity contribution < 1.29 is 21.6 Å². The Morgan fingerprint density at radius 2 is 1.89 bits per heavy atom. The second-order valence-corrected chi connectivity index (χ2v) is 9.14. The highest BCUT2D eigenvalue weighted by Crippen LogP contribution is 2.40. The van der Waals surface area contributed by atoms with Gasteiger partial charge in [-0.2, -0.15) is 13.2 Å². The van der Waals surface area contributed by atoms with Crippen LogP contribution in [0, 0.1) is 6.92 Å². The summed E-state index contributed by atoms with van der Waals surface area (Å²) in [4.78, 5) is 11.9. The van der Waals surface area contributed by atoms with Gasteiger partial charge in [0.15, 0.2) is 20.8 Å². The van der Waals surface area contributed by atoms with Crippen molar-refractivity contribution in [2.75, 3.05) is 11.6 Å². The molecule has 1 N–H and O–H groups in total. The minimum Gasteiger partial charge on any atom is -0.315 e. The Labute approximate surface area is 167 Å². The third kappa shape index (κ3) is 4.42. The Bertz CT molecular complexity index is 1150. The number of alkyl halides is 3. The molecule has 0 fully saturated rings. The van der Waals surface area contributed by atoms with Crippen LogP contribution < -0.4 is 5.32 Å². The van der Waals surface area contributed by atoms with Gasteiger partial charge in [-0.15, -0.1) is 0 Å². The molecule has 2 heterocycles. The zero-order valence-electron chi connectivity index (χ0n) is 14.4. The summed E-state index contributed by atoms with van der Waals surface area (Å²) in [7, 11) is -4.04. The lowest BCUT2D eigenvalue weighted by Gasteiger charge is -2.13. The van der Waals surface area contributed by atoms with E-state index in [-0.39, 0.29) is 10.7 Å². The highest BCUT2D eigenvalue weighted by molar-refractivity contribution is 7.90. The number of aryl methyl sites for hydroxylation is 1. The molecule has 28 heavy (non-hydrogen) atoms. The fourth-order valence-corrected chi connectivity index (χ4v) is 4.45. The van der Waals surface area contributed by atoms with Crippen molar-refractivity contribution in [2.24, 2.45) is 0 Å². The van der Waals surface area contributed by atoms with Gasteiger partial charge in [-0.1, -0.05) is 29.0 Å². The minimum absolute atomic E-state index is 0.171. The summed E-state index contributed by atoms with van der Waals surface area (Å²) >= 11 is 6.87. The second-order valence-electron chi connectivity index (χ2n) is 5.77. The number of thiazole rings is 1. The van der Waals surface area contributed by atoms with Crippen molar-refractivity contribution in [2.45, 2.75) is 18.0 Å². The van der Waals surface area contributed by atoms with Gasteiger partial charge in [-0.25, -0.2) is 18.4 Å². The zero-order chi connectivity index (χ0) is 20.7. The van der Waals surface area contributed by atoms with Crippen LogP contribution in [0.25, 0.3) is 10.4 Å². The number of benzene rings is 1.